The van der Waals surface area contributed by atoms with Crippen molar-refractivity contribution in [3.63, 3.8) is 0 Å². The quantitative estimate of drug-likeness (QED) is 0.717. The van der Waals surface area contributed by atoms with Gasteiger partial charge in [0.1, 0.15) is 0 Å². The zero-order valence-corrected chi connectivity index (χ0v) is 8.33. The summed E-state index contributed by atoms with van der Waals surface area (Å²) in [6.07, 6.45) is 4.02. The van der Waals surface area contributed by atoms with E-state index in [1.54, 1.807) is 16.9 Å². The number of anilines is 1. The summed E-state index contributed by atoms with van der Waals surface area (Å²) >= 11 is 0. The fourth-order valence-electron chi connectivity index (χ4n) is 1.26. The highest BCUT2D eigenvalue weighted by Crippen LogP contribution is 2.08. The number of nitrogens with zero attached hydrogens (tertiary/aromatic N) is 5. The van der Waals surface area contributed by atoms with Crippen molar-refractivity contribution in [1.82, 2.24) is 25.0 Å². The van der Waals surface area contributed by atoms with Gasteiger partial charge in [-0.25, -0.2) is 0 Å². The zero-order chi connectivity index (χ0) is 10.7. The highest BCUT2D eigenvalue weighted by molar-refractivity contribution is 5.44. The van der Waals surface area contributed by atoms with Gasteiger partial charge in [-0.1, -0.05) is 6.92 Å². The van der Waals surface area contributed by atoms with Crippen LogP contribution in [0.25, 0.3) is 5.65 Å². The first-order chi connectivity index (χ1) is 7.35. The van der Waals surface area contributed by atoms with Crippen LogP contribution in [0.5, 0.6) is 0 Å². The van der Waals surface area contributed by atoms with E-state index in [-0.39, 0.29) is 12.6 Å². The number of aromatic nitrogens is 5. The van der Waals surface area contributed by atoms with Crippen molar-refractivity contribution in [2.45, 2.75) is 19.4 Å². The first-order valence-electron chi connectivity index (χ1n) is 4.74. The van der Waals surface area contributed by atoms with E-state index < -0.39 is 0 Å². The monoisotopic (exact) mass is 208 g/mol. The smallest absolute Gasteiger partial charge is 0.199 e. The number of hydrogen-bond donors (Lipinski definition) is 2. The van der Waals surface area contributed by atoms with Crippen LogP contribution in [-0.4, -0.2) is 42.8 Å². The van der Waals surface area contributed by atoms with E-state index in [2.05, 4.69) is 25.8 Å². The van der Waals surface area contributed by atoms with Crippen LogP contribution >= 0.6 is 0 Å². The third kappa shape index (κ3) is 1.86. The van der Waals surface area contributed by atoms with Gasteiger partial charge in [0.05, 0.1) is 25.0 Å². The van der Waals surface area contributed by atoms with Crippen LogP contribution in [0.4, 0.5) is 5.82 Å². The fourth-order valence-corrected chi connectivity index (χ4v) is 1.26. The molecule has 0 aromatic carbocycles. The standard InChI is InChI=1S/C8H12N6O/c1-2-6(5-15)10-7-3-9-4-8-11-12-13-14(7)8/h3-4,6,10,15H,2,5H2,1H3. The Kier molecular flexibility index (Phi) is 2.72. The maximum absolute atomic E-state index is 9.07. The Hall–Kier alpha value is -1.76. The molecule has 2 heterocycles. The molecule has 0 fully saturated rings. The SMILES string of the molecule is CCC(CO)Nc1cncc2nnnn12. The van der Waals surface area contributed by atoms with Gasteiger partial charge in [0.2, 0.25) is 0 Å². The lowest BCUT2D eigenvalue weighted by atomic mass is 10.2. The molecule has 0 aliphatic heterocycles. The lowest BCUT2D eigenvalue weighted by Crippen LogP contribution is -2.24. The van der Waals surface area contributed by atoms with Crippen LogP contribution in [0.1, 0.15) is 13.3 Å². The third-order valence-electron chi connectivity index (χ3n) is 2.17. The normalized spacial score (nSPS) is 12.9. The Balaban J connectivity index is 2.30. The molecule has 2 rings (SSSR count). The molecule has 0 aliphatic carbocycles. The third-order valence-corrected chi connectivity index (χ3v) is 2.17. The summed E-state index contributed by atoms with van der Waals surface area (Å²) in [7, 11) is 0. The van der Waals surface area contributed by atoms with E-state index in [0.717, 1.165) is 6.42 Å². The van der Waals surface area contributed by atoms with E-state index in [1.165, 1.54) is 0 Å². The number of nitrogens with one attached hydrogen (secondary N) is 1. The second-order valence-electron chi connectivity index (χ2n) is 3.17. The summed E-state index contributed by atoms with van der Waals surface area (Å²) in [6.45, 7) is 2.05. The zero-order valence-electron chi connectivity index (χ0n) is 8.33. The van der Waals surface area contributed by atoms with Crippen molar-refractivity contribution in [3.05, 3.63) is 12.4 Å². The lowest BCUT2D eigenvalue weighted by Gasteiger charge is -2.14. The number of aliphatic hydroxyl groups excluding tert-OH is 1. The van der Waals surface area contributed by atoms with Crippen LogP contribution in [0.3, 0.4) is 0 Å². The van der Waals surface area contributed by atoms with Gasteiger partial charge >= 0.3 is 0 Å². The fraction of sp³-hybridized carbons (Fsp3) is 0.500. The second-order valence-corrected chi connectivity index (χ2v) is 3.17. The Morgan fingerprint density at radius 2 is 2.40 bits per heavy atom. The van der Waals surface area contributed by atoms with Crippen LogP contribution in [-0.2, 0) is 0 Å². The van der Waals surface area contributed by atoms with Crippen LogP contribution in [0, 0.1) is 0 Å². The first-order valence-corrected chi connectivity index (χ1v) is 4.74. The molecular weight excluding hydrogens is 196 g/mol. The van der Waals surface area contributed by atoms with Crippen molar-refractivity contribution < 1.29 is 5.11 Å². The van der Waals surface area contributed by atoms with E-state index >= 15 is 0 Å². The molecule has 0 bridgehead atoms. The van der Waals surface area contributed by atoms with Gasteiger partial charge in [0.25, 0.3) is 0 Å². The number of aliphatic hydroxyl groups is 1. The molecule has 0 saturated heterocycles. The second kappa shape index (κ2) is 4.18. The molecule has 0 radical (unpaired) electrons. The molecule has 0 spiro atoms. The minimum Gasteiger partial charge on any atom is -0.394 e. The molecule has 1 atom stereocenters. The van der Waals surface area contributed by atoms with Crippen LogP contribution < -0.4 is 5.32 Å². The molecule has 0 saturated carbocycles. The molecule has 15 heavy (non-hydrogen) atoms. The Labute approximate surface area is 86.1 Å². The lowest BCUT2D eigenvalue weighted by molar-refractivity contribution is 0.271. The molecule has 80 valence electrons. The molecule has 2 N–H and O–H groups in total. The Morgan fingerprint density at radius 3 is 3.13 bits per heavy atom. The molecule has 1 unspecified atom stereocenters. The van der Waals surface area contributed by atoms with E-state index in [0.29, 0.717) is 11.5 Å². The predicted molar refractivity (Wildman–Crippen MR) is 53.4 cm³/mol. The predicted octanol–water partition coefficient (Wildman–Crippen LogP) is -0.298. The van der Waals surface area contributed by atoms with Gasteiger partial charge < -0.3 is 10.4 Å². The van der Waals surface area contributed by atoms with Gasteiger partial charge in [0, 0.05) is 0 Å². The summed E-state index contributed by atoms with van der Waals surface area (Å²) in [6, 6.07) is -0.0124. The Morgan fingerprint density at radius 1 is 1.53 bits per heavy atom. The number of hydrogen-bond acceptors (Lipinski definition) is 6. The number of fused-ring (bicyclic) bond motifs is 1. The minimum atomic E-state index is -0.0124. The van der Waals surface area contributed by atoms with Crippen LogP contribution in [0.2, 0.25) is 0 Å². The maximum Gasteiger partial charge on any atom is 0.199 e. The van der Waals surface area contributed by atoms with Crippen molar-refractivity contribution >= 4 is 11.5 Å². The van der Waals surface area contributed by atoms with Gasteiger partial charge in [-0.3, -0.25) is 4.98 Å². The van der Waals surface area contributed by atoms with Gasteiger partial charge in [-0.15, -0.1) is 5.10 Å². The molecule has 2 aromatic heterocycles. The number of tetrazole rings is 1. The molecule has 7 nitrogen and oxygen atoms in total. The average molecular weight is 208 g/mol. The molecule has 7 heteroatoms. The topological polar surface area (TPSA) is 88.2 Å². The first kappa shape index (κ1) is 9.78. The van der Waals surface area contributed by atoms with Crippen molar-refractivity contribution in [3.8, 4) is 0 Å². The molecule has 2 aromatic rings. The van der Waals surface area contributed by atoms with Crippen molar-refractivity contribution in [2.75, 3.05) is 11.9 Å². The molecular formula is C8H12N6O. The van der Waals surface area contributed by atoms with Crippen molar-refractivity contribution in [2.24, 2.45) is 0 Å². The Bertz CT molecular complexity index is 437. The van der Waals surface area contributed by atoms with Crippen LogP contribution in [0.15, 0.2) is 12.4 Å². The van der Waals surface area contributed by atoms with Crippen molar-refractivity contribution in [1.29, 1.82) is 0 Å². The number of rotatable bonds is 4. The van der Waals surface area contributed by atoms with E-state index in [4.69, 9.17) is 5.11 Å². The largest absolute Gasteiger partial charge is 0.394 e. The van der Waals surface area contributed by atoms with E-state index in [1.807, 2.05) is 6.92 Å². The summed E-state index contributed by atoms with van der Waals surface area (Å²) < 4.78 is 1.55. The average Bonchev–Trinajstić information content (AvgIpc) is 2.74. The minimum absolute atomic E-state index is 0.0124. The molecule has 0 amide bonds. The summed E-state index contributed by atoms with van der Waals surface area (Å²) in [4.78, 5) is 4.00. The summed E-state index contributed by atoms with van der Waals surface area (Å²) in [5, 5.41) is 23.3. The summed E-state index contributed by atoms with van der Waals surface area (Å²) in [5.74, 6) is 0.679. The van der Waals surface area contributed by atoms with Gasteiger partial charge in [0.15, 0.2) is 11.5 Å². The highest BCUT2D eigenvalue weighted by Gasteiger charge is 2.08. The van der Waals surface area contributed by atoms with E-state index in [9.17, 15) is 0 Å². The highest BCUT2D eigenvalue weighted by atomic mass is 16.3. The summed E-state index contributed by atoms with van der Waals surface area (Å²) in [5.41, 5.74) is 0.577. The molecule has 0 aliphatic rings. The van der Waals surface area contributed by atoms with Gasteiger partial charge in [-0.05, 0) is 16.8 Å². The van der Waals surface area contributed by atoms with Gasteiger partial charge in [-0.2, -0.15) is 4.52 Å². The maximum atomic E-state index is 9.07.